The number of methoxy groups -OCH3 is 1. The first kappa shape index (κ1) is 13.4. The Kier molecular flexibility index (Phi) is 4.40. The Morgan fingerprint density at radius 1 is 1.00 bits per heavy atom. The molecule has 1 unspecified atom stereocenters. The summed E-state index contributed by atoms with van der Waals surface area (Å²) in [5, 5.41) is 0. The summed E-state index contributed by atoms with van der Waals surface area (Å²) in [5.41, 5.74) is 3.96. The second-order valence-corrected chi connectivity index (χ2v) is 4.63. The SMILES string of the molecule is C/C=C/C(c1ccc(OC)cc1)c1ccccc1C. The summed E-state index contributed by atoms with van der Waals surface area (Å²) >= 11 is 0. The smallest absolute Gasteiger partial charge is 0.118 e. The van der Waals surface area contributed by atoms with Crippen molar-refractivity contribution in [2.24, 2.45) is 0 Å². The van der Waals surface area contributed by atoms with E-state index in [1.165, 1.54) is 16.7 Å². The number of aryl methyl sites for hydroxylation is 1. The van der Waals surface area contributed by atoms with E-state index in [0.29, 0.717) is 5.92 Å². The van der Waals surface area contributed by atoms with Gasteiger partial charge in [-0.1, -0.05) is 48.6 Å². The van der Waals surface area contributed by atoms with Crippen LogP contribution < -0.4 is 4.74 Å². The molecule has 0 amide bonds. The summed E-state index contributed by atoms with van der Waals surface area (Å²) in [6.07, 6.45) is 4.35. The molecule has 1 heteroatoms. The third-order valence-electron chi connectivity index (χ3n) is 3.38. The normalized spacial score (nSPS) is 12.6. The molecule has 0 aliphatic carbocycles. The monoisotopic (exact) mass is 252 g/mol. The lowest BCUT2D eigenvalue weighted by Gasteiger charge is -2.16. The highest BCUT2D eigenvalue weighted by atomic mass is 16.5. The van der Waals surface area contributed by atoms with Crippen LogP contribution in [0, 0.1) is 6.92 Å². The van der Waals surface area contributed by atoms with Gasteiger partial charge >= 0.3 is 0 Å². The van der Waals surface area contributed by atoms with E-state index in [9.17, 15) is 0 Å². The van der Waals surface area contributed by atoms with Crippen molar-refractivity contribution in [2.45, 2.75) is 19.8 Å². The molecule has 1 atom stereocenters. The van der Waals surface area contributed by atoms with Gasteiger partial charge in [0.2, 0.25) is 0 Å². The van der Waals surface area contributed by atoms with E-state index in [-0.39, 0.29) is 0 Å². The maximum absolute atomic E-state index is 5.22. The van der Waals surface area contributed by atoms with Gasteiger partial charge in [0.05, 0.1) is 7.11 Å². The third kappa shape index (κ3) is 3.05. The van der Waals surface area contributed by atoms with Gasteiger partial charge in [-0.2, -0.15) is 0 Å². The van der Waals surface area contributed by atoms with Gasteiger partial charge in [0, 0.05) is 5.92 Å². The molecule has 0 spiro atoms. The van der Waals surface area contributed by atoms with E-state index < -0.39 is 0 Å². The highest BCUT2D eigenvalue weighted by molar-refractivity contribution is 5.42. The second-order valence-electron chi connectivity index (χ2n) is 4.63. The first-order valence-electron chi connectivity index (χ1n) is 6.58. The molecule has 0 bridgehead atoms. The summed E-state index contributed by atoms with van der Waals surface area (Å²) in [6, 6.07) is 16.8. The van der Waals surface area contributed by atoms with Gasteiger partial charge in [0.15, 0.2) is 0 Å². The fraction of sp³-hybridized carbons (Fsp3) is 0.222. The average molecular weight is 252 g/mol. The van der Waals surface area contributed by atoms with Gasteiger partial charge in [-0.25, -0.2) is 0 Å². The predicted molar refractivity (Wildman–Crippen MR) is 80.8 cm³/mol. The number of hydrogen-bond acceptors (Lipinski definition) is 1. The Morgan fingerprint density at radius 3 is 2.26 bits per heavy atom. The Balaban J connectivity index is 2.42. The van der Waals surface area contributed by atoms with Gasteiger partial charge in [-0.3, -0.25) is 0 Å². The molecule has 0 saturated carbocycles. The maximum atomic E-state index is 5.22. The maximum Gasteiger partial charge on any atom is 0.118 e. The van der Waals surface area contributed by atoms with Crippen LogP contribution in [0.15, 0.2) is 60.7 Å². The van der Waals surface area contributed by atoms with E-state index in [2.05, 4.69) is 62.4 Å². The molecule has 0 aliphatic heterocycles. The van der Waals surface area contributed by atoms with Crippen LogP contribution in [0.5, 0.6) is 5.75 Å². The molecule has 0 N–H and O–H groups in total. The molecule has 1 nitrogen and oxygen atoms in total. The van der Waals surface area contributed by atoms with Crippen molar-refractivity contribution < 1.29 is 4.74 Å². The minimum absolute atomic E-state index is 0.303. The topological polar surface area (TPSA) is 9.23 Å². The summed E-state index contributed by atoms with van der Waals surface area (Å²) in [5.74, 6) is 1.20. The van der Waals surface area contributed by atoms with Crippen LogP contribution in [0.4, 0.5) is 0 Å². The molecule has 0 aromatic heterocycles. The van der Waals surface area contributed by atoms with Crippen molar-refractivity contribution in [1.82, 2.24) is 0 Å². The number of rotatable bonds is 4. The zero-order valence-corrected chi connectivity index (χ0v) is 11.8. The molecular formula is C18H20O. The Labute approximate surface area is 115 Å². The summed E-state index contributed by atoms with van der Waals surface area (Å²) in [4.78, 5) is 0. The van der Waals surface area contributed by atoms with Crippen LogP contribution in [0.3, 0.4) is 0 Å². The van der Waals surface area contributed by atoms with Crippen molar-refractivity contribution in [1.29, 1.82) is 0 Å². The molecule has 2 rings (SSSR count). The van der Waals surface area contributed by atoms with Crippen LogP contribution in [0.1, 0.15) is 29.5 Å². The lowest BCUT2D eigenvalue weighted by atomic mass is 9.88. The predicted octanol–water partition coefficient (Wildman–Crippen LogP) is 4.71. The molecular weight excluding hydrogens is 232 g/mol. The van der Waals surface area contributed by atoms with Crippen molar-refractivity contribution >= 4 is 0 Å². The minimum atomic E-state index is 0.303. The van der Waals surface area contributed by atoms with Crippen molar-refractivity contribution in [3.8, 4) is 5.75 Å². The largest absolute Gasteiger partial charge is 0.497 e. The zero-order chi connectivity index (χ0) is 13.7. The fourth-order valence-corrected chi connectivity index (χ4v) is 2.33. The van der Waals surface area contributed by atoms with Crippen LogP contribution in [-0.2, 0) is 0 Å². The van der Waals surface area contributed by atoms with Crippen molar-refractivity contribution in [2.75, 3.05) is 7.11 Å². The summed E-state index contributed by atoms with van der Waals surface area (Å²) < 4.78 is 5.22. The number of benzene rings is 2. The van der Waals surface area contributed by atoms with Crippen LogP contribution in [0.25, 0.3) is 0 Å². The van der Waals surface area contributed by atoms with Crippen molar-refractivity contribution in [3.05, 3.63) is 77.4 Å². The molecule has 0 saturated heterocycles. The van der Waals surface area contributed by atoms with Gasteiger partial charge in [-0.15, -0.1) is 0 Å². The third-order valence-corrected chi connectivity index (χ3v) is 3.38. The first-order valence-corrected chi connectivity index (χ1v) is 6.58. The molecule has 0 aliphatic rings. The lowest BCUT2D eigenvalue weighted by molar-refractivity contribution is 0.414. The van der Waals surface area contributed by atoms with Gasteiger partial charge in [0.1, 0.15) is 5.75 Å². The van der Waals surface area contributed by atoms with Crippen LogP contribution >= 0.6 is 0 Å². The Hall–Kier alpha value is -2.02. The minimum Gasteiger partial charge on any atom is -0.497 e. The molecule has 2 aromatic carbocycles. The van der Waals surface area contributed by atoms with Gasteiger partial charge < -0.3 is 4.74 Å². The van der Waals surface area contributed by atoms with Crippen LogP contribution in [-0.4, -0.2) is 7.11 Å². The van der Waals surface area contributed by atoms with E-state index in [1.807, 2.05) is 12.1 Å². The van der Waals surface area contributed by atoms with Crippen LogP contribution in [0.2, 0.25) is 0 Å². The number of hydrogen-bond donors (Lipinski definition) is 0. The first-order chi connectivity index (χ1) is 9.26. The Bertz CT molecular complexity index is 552. The highest BCUT2D eigenvalue weighted by Crippen LogP contribution is 2.29. The van der Waals surface area contributed by atoms with E-state index in [1.54, 1.807) is 7.11 Å². The molecule has 0 heterocycles. The Morgan fingerprint density at radius 2 is 1.68 bits per heavy atom. The van der Waals surface area contributed by atoms with Crippen molar-refractivity contribution in [3.63, 3.8) is 0 Å². The standard InChI is InChI=1S/C18H20O/c1-4-7-18(17-9-6-5-8-14(17)2)15-10-12-16(19-3)13-11-15/h4-13,18H,1-3H3/b7-4+. The number of allylic oxidation sites excluding steroid dienone is 2. The number of ether oxygens (including phenoxy) is 1. The van der Waals surface area contributed by atoms with E-state index in [0.717, 1.165) is 5.75 Å². The second kappa shape index (κ2) is 6.24. The zero-order valence-electron chi connectivity index (χ0n) is 11.8. The molecule has 98 valence electrons. The molecule has 19 heavy (non-hydrogen) atoms. The highest BCUT2D eigenvalue weighted by Gasteiger charge is 2.12. The fourth-order valence-electron chi connectivity index (χ4n) is 2.33. The van der Waals surface area contributed by atoms with Gasteiger partial charge in [-0.05, 0) is 42.7 Å². The summed E-state index contributed by atoms with van der Waals surface area (Å²) in [6.45, 7) is 4.23. The quantitative estimate of drug-likeness (QED) is 0.716. The van der Waals surface area contributed by atoms with E-state index in [4.69, 9.17) is 4.74 Å². The lowest BCUT2D eigenvalue weighted by Crippen LogP contribution is -2.00. The average Bonchev–Trinajstić information content (AvgIpc) is 2.46. The summed E-state index contributed by atoms with van der Waals surface area (Å²) in [7, 11) is 1.69. The molecule has 2 aromatic rings. The van der Waals surface area contributed by atoms with E-state index >= 15 is 0 Å². The molecule has 0 radical (unpaired) electrons. The van der Waals surface area contributed by atoms with Gasteiger partial charge in [0.25, 0.3) is 0 Å². The molecule has 0 fully saturated rings.